The zero-order valence-corrected chi connectivity index (χ0v) is 44.2. The van der Waals surface area contributed by atoms with E-state index >= 15 is 0 Å². The van der Waals surface area contributed by atoms with E-state index in [-0.39, 0.29) is 14.0 Å². The molecule has 3 fully saturated rings. The van der Waals surface area contributed by atoms with Gasteiger partial charge < -0.3 is 0 Å². The van der Waals surface area contributed by atoms with E-state index < -0.39 is 20.8 Å². The van der Waals surface area contributed by atoms with Gasteiger partial charge in [0, 0.05) is 7.92 Å². The van der Waals surface area contributed by atoms with Crippen LogP contribution in [0.2, 0.25) is 0 Å². The van der Waals surface area contributed by atoms with Crippen molar-refractivity contribution in [3.63, 3.8) is 0 Å². The van der Waals surface area contributed by atoms with E-state index in [1.807, 2.05) is 36.7 Å². The maximum absolute atomic E-state index is 6.18. The molecule has 0 unspecified atom stereocenters. The minimum atomic E-state index is -2.12. The van der Waals surface area contributed by atoms with Gasteiger partial charge in [0.15, 0.2) is 0 Å². The third-order valence-corrected chi connectivity index (χ3v) is 24.8. The Morgan fingerprint density at radius 1 is 0.530 bits per heavy atom. The topological polar surface area (TPSA) is 18.5 Å². The third kappa shape index (κ3) is 12.7. The predicted octanol–water partition coefficient (Wildman–Crippen LogP) is 15.6. The Morgan fingerprint density at radius 3 is 1.35 bits per heavy atom. The van der Waals surface area contributed by atoms with E-state index in [0.29, 0.717) is 6.61 Å². The summed E-state index contributed by atoms with van der Waals surface area (Å²) in [6, 6.07) is 56.4. The number of halogens is 2. The van der Waals surface area contributed by atoms with Crippen molar-refractivity contribution in [2.24, 2.45) is 0 Å². The van der Waals surface area contributed by atoms with Crippen molar-refractivity contribution in [2.75, 3.05) is 0 Å². The summed E-state index contributed by atoms with van der Waals surface area (Å²) < 4.78 is 14.0. The summed E-state index contributed by atoms with van der Waals surface area (Å²) in [6.07, 6.45) is 23.8. The molecule has 0 bridgehead atoms. The summed E-state index contributed by atoms with van der Waals surface area (Å²) >= 11 is -2.03. The van der Waals surface area contributed by atoms with Crippen molar-refractivity contribution in [3.05, 3.63) is 169 Å². The van der Waals surface area contributed by atoms with E-state index in [2.05, 4.69) is 140 Å². The van der Waals surface area contributed by atoms with Crippen LogP contribution in [0.5, 0.6) is 11.5 Å². The standard InChI is InChI=1S/C41H36O2P.C18H33P.2ClH.Ru/c1-31(2)43-41-28-25-36(29-32(41)3)42-30-33-19-21-34(22-20-33)35-23-26-40(27-24-35)44(37-13-7-4-8-14-37,38-15-9-5-10-16-38)39-17-11-6-12-18-39;1-4-10-16(11-5-1)19(17-12-6-2-7-13-17)18-14-8-3-9-15-18;;;/h3-29,31H,30H2,1-2H3;16-18H,1-15H2;2*1H;/q+1;;;;+2/p-1. The van der Waals surface area contributed by atoms with Crippen LogP contribution in [0.25, 0.3) is 11.1 Å². The molecule has 2 nitrogen and oxygen atoms in total. The number of rotatable bonds is 14. The molecule has 0 radical (unpaired) electrons. The monoisotopic (exact) mass is 1040 g/mol. The van der Waals surface area contributed by atoms with Crippen molar-refractivity contribution in [3.8, 4) is 22.6 Å². The second kappa shape index (κ2) is 24.9. The van der Waals surface area contributed by atoms with Crippen LogP contribution in [0.15, 0.2) is 158 Å². The summed E-state index contributed by atoms with van der Waals surface area (Å²) in [5, 5.41) is 5.35. The van der Waals surface area contributed by atoms with Gasteiger partial charge in [-0.05, 0) is 126 Å². The van der Waals surface area contributed by atoms with Crippen molar-refractivity contribution < 1.29 is 23.0 Å². The van der Waals surface area contributed by atoms with Crippen LogP contribution >= 0.6 is 34.6 Å². The molecule has 0 spiro atoms. The molecular formula is C59H70Cl2O2P2Ru+2. The number of hydrogen-bond donors (Lipinski definition) is 0. The van der Waals surface area contributed by atoms with E-state index in [0.717, 1.165) is 28.2 Å². The molecule has 0 N–H and O–H groups in total. The van der Waals surface area contributed by atoms with Crippen LogP contribution in [-0.4, -0.2) is 27.7 Å². The summed E-state index contributed by atoms with van der Waals surface area (Å²) in [6.45, 7) is 4.44. The van der Waals surface area contributed by atoms with Crippen molar-refractivity contribution in [1.82, 2.24) is 0 Å². The summed E-state index contributed by atoms with van der Waals surface area (Å²) in [4.78, 5) is 0. The fourth-order valence-corrected chi connectivity index (χ4v) is 22.4. The maximum atomic E-state index is 6.18. The quantitative estimate of drug-likeness (QED) is 0.0799. The first kappa shape index (κ1) is 49.3. The Hall–Kier alpha value is -3.15. The molecule has 6 aromatic rings. The molecule has 0 aromatic heterocycles. The predicted molar refractivity (Wildman–Crippen MR) is 289 cm³/mol. The van der Waals surface area contributed by atoms with Gasteiger partial charge in [-0.2, -0.15) is 0 Å². The van der Waals surface area contributed by atoms with E-state index in [4.69, 9.17) is 28.9 Å². The molecular weight excluding hydrogens is 975 g/mol. The average Bonchev–Trinajstić information content (AvgIpc) is 3.37. The molecule has 3 saturated carbocycles. The molecule has 7 heteroatoms. The molecule has 0 amide bonds. The van der Waals surface area contributed by atoms with Crippen molar-refractivity contribution in [2.45, 2.75) is 140 Å². The molecule has 0 heterocycles. The molecule has 3 aliphatic rings. The van der Waals surface area contributed by atoms with Crippen LogP contribution in [0.3, 0.4) is 0 Å². The number of ether oxygens (including phenoxy) is 2. The fourth-order valence-electron chi connectivity index (χ4n) is 11.1. The van der Waals surface area contributed by atoms with Gasteiger partial charge in [0.1, 0.15) is 28.5 Å². The van der Waals surface area contributed by atoms with Gasteiger partial charge in [-0.3, -0.25) is 0 Å². The van der Waals surface area contributed by atoms with E-state index in [1.165, 1.54) is 43.8 Å². The summed E-state index contributed by atoms with van der Waals surface area (Å²) in [5.41, 5.74) is 7.98. The van der Waals surface area contributed by atoms with Crippen LogP contribution in [0.4, 0.5) is 0 Å². The van der Waals surface area contributed by atoms with Crippen LogP contribution < -0.4 is 30.7 Å². The summed E-state index contributed by atoms with van der Waals surface area (Å²) in [5.74, 6) is 1.51. The molecule has 0 saturated heterocycles. The first-order valence-electron chi connectivity index (χ1n) is 24.8. The number of benzene rings is 6. The van der Waals surface area contributed by atoms with Crippen molar-refractivity contribution in [1.29, 1.82) is 0 Å². The van der Waals surface area contributed by atoms with Crippen LogP contribution in [0.1, 0.15) is 121 Å². The Balaban J connectivity index is 0.000000258. The molecule has 348 valence electrons. The van der Waals surface area contributed by atoms with Gasteiger partial charge in [-0.25, -0.2) is 0 Å². The first-order valence-corrected chi connectivity index (χ1v) is 33.8. The number of hydrogen-bond acceptors (Lipinski definition) is 2. The molecule has 3 aliphatic carbocycles. The minimum absolute atomic E-state index is 0.0465. The van der Waals surface area contributed by atoms with Crippen molar-refractivity contribution >= 4 is 60.4 Å². The Labute approximate surface area is 411 Å². The zero-order valence-electron chi connectivity index (χ0n) is 39.1. The fraction of sp³-hybridized carbons (Fsp3) is 0.373. The second-order valence-electron chi connectivity index (χ2n) is 18.9. The molecule has 9 rings (SSSR count). The van der Waals surface area contributed by atoms with Gasteiger partial charge in [-0.1, -0.05) is 73.9 Å². The third-order valence-electron chi connectivity index (χ3n) is 14.1. The summed E-state index contributed by atoms with van der Waals surface area (Å²) in [7, 11) is 10.2. The van der Waals surface area contributed by atoms with Gasteiger partial charge in [0.25, 0.3) is 0 Å². The second-order valence-corrected chi connectivity index (χ2v) is 31.5. The average molecular weight is 1050 g/mol. The van der Waals surface area contributed by atoms with E-state index in [1.54, 1.807) is 96.3 Å². The molecule has 66 heavy (non-hydrogen) atoms. The zero-order chi connectivity index (χ0) is 45.6. The first-order chi connectivity index (χ1) is 32.4. The van der Waals surface area contributed by atoms with Crippen LogP contribution in [-0.2, 0) is 20.1 Å². The van der Waals surface area contributed by atoms with Gasteiger partial charge in [0.05, 0.1) is 17.0 Å². The van der Waals surface area contributed by atoms with Gasteiger partial charge in [-0.15, -0.1) is 0 Å². The van der Waals surface area contributed by atoms with Crippen LogP contribution in [0, 0.1) is 0 Å². The SMILES string of the molecule is C1CCC([PH+](C2CCCCC2)C2CCCCC2)CC1.CC(C)Oc1ccc(OCc2ccc(-c3ccc([P+](c4ccccc4)(c4ccccc4)c4ccccc4)cc3)cc2)cc1[CH]=[Ru]([Cl])[Cl]. The Bertz CT molecular complexity index is 2250. The Morgan fingerprint density at radius 2 is 0.939 bits per heavy atom. The van der Waals surface area contributed by atoms with Gasteiger partial charge in [0.2, 0.25) is 0 Å². The molecule has 0 aliphatic heterocycles. The Kier molecular flexibility index (Phi) is 18.6. The molecule has 0 atom stereocenters. The van der Waals surface area contributed by atoms with Gasteiger partial charge >= 0.3 is 162 Å². The normalized spacial score (nSPS) is 16.6. The van der Waals surface area contributed by atoms with E-state index in [9.17, 15) is 0 Å². The molecule has 6 aromatic carbocycles.